The monoisotopic (exact) mass is 395 g/mol. The summed E-state index contributed by atoms with van der Waals surface area (Å²) in [5.41, 5.74) is -2.16. The number of likely N-dealkylation sites (tertiary alicyclic amines) is 1. The normalized spacial score (nSPS) is 36.6. The molecule has 0 aromatic rings. The summed E-state index contributed by atoms with van der Waals surface area (Å²) in [6, 6.07) is -0.764. The van der Waals surface area contributed by atoms with E-state index < -0.39 is 34.6 Å². The number of aliphatic hydroxyl groups excluding tert-OH is 1. The molecule has 2 unspecified atom stereocenters. The highest BCUT2D eigenvalue weighted by Gasteiger charge is 2.77. The summed E-state index contributed by atoms with van der Waals surface area (Å²) < 4.78 is 6.43. The third-order valence-electron chi connectivity index (χ3n) is 6.36. The Bertz CT molecular complexity index is 675. The lowest BCUT2D eigenvalue weighted by atomic mass is 9.66. The Labute approximate surface area is 166 Å². The Balaban J connectivity index is 2.01. The number of hydrogen-bond donors (Lipinski definition) is 3. The first-order valence-corrected chi connectivity index (χ1v) is 10.2. The summed E-state index contributed by atoms with van der Waals surface area (Å²) >= 11 is 0. The van der Waals surface area contributed by atoms with Gasteiger partial charge in [-0.2, -0.15) is 0 Å². The van der Waals surface area contributed by atoms with Gasteiger partial charge in [0.25, 0.3) is 0 Å². The van der Waals surface area contributed by atoms with E-state index >= 15 is 0 Å². The molecule has 0 aliphatic carbocycles. The number of rotatable bonds is 6. The van der Waals surface area contributed by atoms with Gasteiger partial charge in [0.2, 0.25) is 17.7 Å². The molecule has 5 atom stereocenters. The van der Waals surface area contributed by atoms with Crippen LogP contribution in [0.5, 0.6) is 0 Å². The van der Waals surface area contributed by atoms with Crippen LogP contribution in [0, 0.1) is 11.8 Å². The van der Waals surface area contributed by atoms with Crippen molar-refractivity contribution in [3.8, 4) is 0 Å². The number of hydrogen-bond acceptors (Lipinski definition) is 5. The second-order valence-corrected chi connectivity index (χ2v) is 9.54. The highest BCUT2D eigenvalue weighted by atomic mass is 16.5. The molecule has 158 valence electrons. The first kappa shape index (κ1) is 21.0. The number of nitrogens with zero attached hydrogens (tertiary/aromatic N) is 1. The first-order valence-electron chi connectivity index (χ1n) is 10.2. The summed E-state index contributed by atoms with van der Waals surface area (Å²) in [7, 11) is 1.56. The number of carbonyl (C=O) groups is 3. The number of nitrogens with one attached hydrogen (secondary N) is 2. The predicted molar refractivity (Wildman–Crippen MR) is 102 cm³/mol. The van der Waals surface area contributed by atoms with E-state index in [4.69, 9.17) is 9.84 Å². The maximum absolute atomic E-state index is 13.4. The molecule has 3 aliphatic rings. The molecule has 28 heavy (non-hydrogen) atoms. The summed E-state index contributed by atoms with van der Waals surface area (Å²) in [4.78, 5) is 41.0. The number of fused-ring (bicyclic) bond motifs is 1. The van der Waals surface area contributed by atoms with Crippen molar-refractivity contribution < 1.29 is 24.2 Å². The van der Waals surface area contributed by atoms with Crippen LogP contribution in [-0.2, 0) is 19.1 Å². The minimum atomic E-state index is -0.975. The van der Waals surface area contributed by atoms with Crippen molar-refractivity contribution in [3.63, 3.8) is 0 Å². The minimum Gasteiger partial charge on any atom is -0.396 e. The standard InChI is InChI=1S/C20H33N3O5/c1-18(2,3)22-16(26)14-20-9-8-19(4,28-20)12(15(25)21-5)13(20)17(27)23(14)10-6-7-11-24/h12-14,24H,6-11H2,1-5H3,(H,21,25)(H,22,26)/t12-,13-,14?,19+,20?/m0/s1. The van der Waals surface area contributed by atoms with Crippen molar-refractivity contribution in [2.45, 2.75) is 76.2 Å². The molecule has 3 saturated heterocycles. The second kappa shape index (κ2) is 6.99. The Morgan fingerprint density at radius 2 is 1.93 bits per heavy atom. The van der Waals surface area contributed by atoms with Gasteiger partial charge in [0.15, 0.2) is 0 Å². The maximum atomic E-state index is 13.4. The van der Waals surface area contributed by atoms with E-state index in [0.29, 0.717) is 32.2 Å². The Hall–Kier alpha value is -1.67. The third kappa shape index (κ3) is 3.10. The van der Waals surface area contributed by atoms with E-state index in [0.717, 1.165) is 0 Å². The summed E-state index contributed by atoms with van der Waals surface area (Å²) in [6.45, 7) is 7.96. The van der Waals surface area contributed by atoms with E-state index in [9.17, 15) is 14.4 Å². The van der Waals surface area contributed by atoms with E-state index in [2.05, 4.69) is 10.6 Å². The molecule has 3 heterocycles. The van der Waals surface area contributed by atoms with Gasteiger partial charge in [-0.1, -0.05) is 0 Å². The first-order chi connectivity index (χ1) is 13.0. The number of ether oxygens (including phenoxy) is 1. The molecule has 0 saturated carbocycles. The largest absolute Gasteiger partial charge is 0.396 e. The lowest BCUT2D eigenvalue weighted by molar-refractivity contribution is -0.146. The van der Waals surface area contributed by atoms with Crippen LogP contribution in [0.1, 0.15) is 53.4 Å². The molecule has 3 aliphatic heterocycles. The van der Waals surface area contributed by atoms with Crippen molar-refractivity contribution in [1.29, 1.82) is 0 Å². The van der Waals surface area contributed by atoms with Crippen molar-refractivity contribution in [2.24, 2.45) is 11.8 Å². The van der Waals surface area contributed by atoms with E-state index in [1.54, 1.807) is 11.9 Å². The van der Waals surface area contributed by atoms with Crippen LogP contribution in [0.3, 0.4) is 0 Å². The summed E-state index contributed by atoms with van der Waals surface area (Å²) in [6.07, 6.45) is 2.35. The van der Waals surface area contributed by atoms with Crippen LogP contribution < -0.4 is 10.6 Å². The molecular weight excluding hydrogens is 362 g/mol. The molecule has 3 amide bonds. The third-order valence-corrected chi connectivity index (χ3v) is 6.36. The highest BCUT2D eigenvalue weighted by Crippen LogP contribution is 2.63. The predicted octanol–water partition coefficient (Wildman–Crippen LogP) is 0.184. The molecule has 3 N–H and O–H groups in total. The number of amides is 3. The molecule has 8 nitrogen and oxygen atoms in total. The number of aliphatic hydroxyl groups is 1. The molecular formula is C20H33N3O5. The van der Waals surface area contributed by atoms with Crippen molar-refractivity contribution in [2.75, 3.05) is 20.2 Å². The van der Waals surface area contributed by atoms with E-state index in [-0.39, 0.29) is 24.3 Å². The topological polar surface area (TPSA) is 108 Å². The van der Waals surface area contributed by atoms with Crippen LogP contribution >= 0.6 is 0 Å². The highest BCUT2D eigenvalue weighted by molar-refractivity contribution is 5.99. The van der Waals surface area contributed by atoms with Crippen molar-refractivity contribution >= 4 is 17.7 Å². The van der Waals surface area contributed by atoms with Gasteiger partial charge in [0.1, 0.15) is 11.6 Å². The van der Waals surface area contributed by atoms with Crippen LogP contribution in [-0.4, -0.2) is 70.7 Å². The zero-order valence-electron chi connectivity index (χ0n) is 17.5. The lowest BCUT2D eigenvalue weighted by Crippen LogP contribution is -2.58. The van der Waals surface area contributed by atoms with E-state index in [1.807, 2.05) is 27.7 Å². The molecule has 0 radical (unpaired) electrons. The molecule has 0 aromatic carbocycles. The molecule has 3 rings (SSSR count). The van der Waals surface area contributed by atoms with E-state index in [1.165, 1.54) is 0 Å². The average Bonchev–Trinajstić information content (AvgIpc) is 3.14. The molecule has 0 aromatic heterocycles. The minimum absolute atomic E-state index is 0.0326. The van der Waals surface area contributed by atoms with Gasteiger partial charge in [-0.05, 0) is 53.4 Å². The van der Waals surface area contributed by atoms with Gasteiger partial charge < -0.3 is 25.4 Å². The van der Waals surface area contributed by atoms with Gasteiger partial charge in [-0.3, -0.25) is 14.4 Å². The zero-order chi connectivity index (χ0) is 20.9. The van der Waals surface area contributed by atoms with Gasteiger partial charge >= 0.3 is 0 Å². The van der Waals surface area contributed by atoms with Crippen LogP contribution in [0.15, 0.2) is 0 Å². The molecule has 8 heteroatoms. The fraction of sp³-hybridized carbons (Fsp3) is 0.850. The van der Waals surface area contributed by atoms with Gasteiger partial charge in [-0.15, -0.1) is 0 Å². The molecule has 1 spiro atoms. The van der Waals surface area contributed by atoms with Crippen molar-refractivity contribution in [1.82, 2.24) is 15.5 Å². The Morgan fingerprint density at radius 1 is 1.25 bits per heavy atom. The fourth-order valence-corrected chi connectivity index (χ4v) is 5.36. The Kier molecular flexibility index (Phi) is 5.25. The van der Waals surface area contributed by atoms with Gasteiger partial charge in [-0.25, -0.2) is 0 Å². The van der Waals surface area contributed by atoms with Crippen molar-refractivity contribution in [3.05, 3.63) is 0 Å². The fourth-order valence-electron chi connectivity index (χ4n) is 5.36. The Morgan fingerprint density at radius 3 is 2.50 bits per heavy atom. The van der Waals surface area contributed by atoms with Gasteiger partial charge in [0.05, 0.1) is 17.4 Å². The zero-order valence-corrected chi connectivity index (χ0v) is 17.5. The summed E-state index contributed by atoms with van der Waals surface area (Å²) in [5.74, 6) is -1.91. The van der Waals surface area contributed by atoms with Crippen LogP contribution in [0.25, 0.3) is 0 Å². The maximum Gasteiger partial charge on any atom is 0.246 e. The average molecular weight is 396 g/mol. The summed E-state index contributed by atoms with van der Waals surface area (Å²) in [5, 5.41) is 14.8. The van der Waals surface area contributed by atoms with Crippen LogP contribution in [0.2, 0.25) is 0 Å². The quantitative estimate of drug-likeness (QED) is 0.556. The smallest absolute Gasteiger partial charge is 0.246 e. The second-order valence-electron chi connectivity index (χ2n) is 9.54. The van der Waals surface area contributed by atoms with Gasteiger partial charge in [0, 0.05) is 25.7 Å². The number of carbonyl (C=O) groups excluding carboxylic acids is 3. The van der Waals surface area contributed by atoms with Crippen LogP contribution in [0.4, 0.5) is 0 Å². The number of unbranched alkanes of at least 4 members (excludes halogenated alkanes) is 1. The SMILES string of the molecule is CNC(=O)[C@@H]1[C@H]2C(=O)N(CCCCO)C(C(=O)NC(C)(C)C)C23CC[C@@]1(C)O3. The molecule has 2 bridgehead atoms. The molecule has 3 fully saturated rings. The lowest BCUT2D eigenvalue weighted by Gasteiger charge is -2.35.